The van der Waals surface area contributed by atoms with Crippen LogP contribution in [0.25, 0.3) is 0 Å². The van der Waals surface area contributed by atoms with Crippen molar-refractivity contribution in [2.45, 2.75) is 37.8 Å². The van der Waals surface area contributed by atoms with Gasteiger partial charge >= 0.3 is 0 Å². The van der Waals surface area contributed by atoms with Gasteiger partial charge in [0, 0.05) is 16.7 Å². The summed E-state index contributed by atoms with van der Waals surface area (Å²) in [7, 11) is -3.02. The van der Waals surface area contributed by atoms with E-state index in [1.54, 1.807) is 13.0 Å². The van der Waals surface area contributed by atoms with Crippen molar-refractivity contribution < 1.29 is 13.2 Å². The molecule has 3 rings (SSSR count). The molecule has 1 unspecified atom stereocenters. The minimum absolute atomic E-state index is 0.0248. The first-order valence-electron chi connectivity index (χ1n) is 6.68. The lowest BCUT2D eigenvalue weighted by molar-refractivity contribution is 0.0905. The summed E-state index contributed by atoms with van der Waals surface area (Å²) in [5, 5.41) is 2.90. The zero-order valence-corrected chi connectivity index (χ0v) is 13.6. The number of carbonyl (C=O) groups excluding carboxylic acids is 1. The first kappa shape index (κ1) is 14.1. The summed E-state index contributed by atoms with van der Waals surface area (Å²) < 4.78 is 26.0. The van der Waals surface area contributed by atoms with Crippen LogP contribution in [0.15, 0.2) is 16.7 Å². The molecule has 0 bridgehead atoms. The second-order valence-electron chi connectivity index (χ2n) is 6.04. The molecule has 1 atom stereocenters. The molecule has 1 saturated heterocycles. The Morgan fingerprint density at radius 3 is 2.75 bits per heavy atom. The molecule has 7 heteroatoms. The molecular weight excluding hydrogens is 344 g/mol. The Labute approximate surface area is 126 Å². The zero-order valence-electron chi connectivity index (χ0n) is 11.2. The third-order valence-corrected chi connectivity index (χ3v) is 6.24. The van der Waals surface area contributed by atoms with E-state index >= 15 is 0 Å². The van der Waals surface area contributed by atoms with Crippen molar-refractivity contribution >= 4 is 31.7 Å². The van der Waals surface area contributed by atoms with Gasteiger partial charge in [-0.2, -0.15) is 0 Å². The zero-order chi connectivity index (χ0) is 14.5. The van der Waals surface area contributed by atoms with E-state index in [2.05, 4.69) is 21.2 Å². The van der Waals surface area contributed by atoms with Gasteiger partial charge in [0.05, 0.1) is 17.0 Å². The maximum Gasteiger partial charge on any atom is 0.268 e. The van der Waals surface area contributed by atoms with E-state index < -0.39 is 15.4 Å². The molecule has 1 aliphatic carbocycles. The molecule has 1 aromatic heterocycles. The van der Waals surface area contributed by atoms with Crippen LogP contribution in [0, 0.1) is 0 Å². The lowest BCUT2D eigenvalue weighted by Gasteiger charge is -2.24. The van der Waals surface area contributed by atoms with Gasteiger partial charge in [0.1, 0.15) is 5.69 Å². The average molecular weight is 361 g/mol. The summed E-state index contributed by atoms with van der Waals surface area (Å²) in [5.41, 5.74) is -0.0500. The predicted octanol–water partition coefficient (Wildman–Crippen LogP) is 1.89. The molecule has 2 aliphatic rings. The lowest BCUT2D eigenvalue weighted by atomic mass is 10.0. The van der Waals surface area contributed by atoms with E-state index in [0.717, 1.165) is 17.3 Å². The maximum absolute atomic E-state index is 12.4. The summed E-state index contributed by atoms with van der Waals surface area (Å²) in [4.78, 5) is 12.4. The van der Waals surface area contributed by atoms with E-state index in [1.807, 2.05) is 10.8 Å². The third kappa shape index (κ3) is 2.79. The standard InChI is InChI=1S/C13H17BrN2O3S/c1-13(4-5-20(18,19)8-13)15-12(17)11-6-9(14)7-16(11)10-2-3-10/h6-7,10H,2-5,8H2,1H3,(H,15,17). The summed E-state index contributed by atoms with van der Waals surface area (Å²) in [6.07, 6.45) is 4.58. The molecule has 0 aromatic carbocycles. The molecule has 0 radical (unpaired) electrons. The van der Waals surface area contributed by atoms with E-state index in [-0.39, 0.29) is 17.4 Å². The van der Waals surface area contributed by atoms with Gasteiger partial charge in [-0.25, -0.2) is 8.42 Å². The van der Waals surface area contributed by atoms with Crippen LogP contribution in [-0.2, 0) is 9.84 Å². The van der Waals surface area contributed by atoms with Crippen molar-refractivity contribution in [1.82, 2.24) is 9.88 Å². The number of nitrogens with one attached hydrogen (secondary N) is 1. The highest BCUT2D eigenvalue weighted by Gasteiger charge is 2.40. The summed E-state index contributed by atoms with van der Waals surface area (Å²) >= 11 is 3.39. The summed E-state index contributed by atoms with van der Waals surface area (Å²) in [6.45, 7) is 1.80. The van der Waals surface area contributed by atoms with Crippen molar-refractivity contribution in [3.8, 4) is 0 Å². The van der Waals surface area contributed by atoms with E-state index in [9.17, 15) is 13.2 Å². The topological polar surface area (TPSA) is 68.2 Å². The number of hydrogen-bond donors (Lipinski definition) is 1. The van der Waals surface area contributed by atoms with E-state index in [0.29, 0.717) is 18.2 Å². The number of halogens is 1. The average Bonchev–Trinajstić information content (AvgIpc) is 3.03. The van der Waals surface area contributed by atoms with Gasteiger partial charge in [-0.05, 0) is 48.2 Å². The van der Waals surface area contributed by atoms with Crippen molar-refractivity contribution in [1.29, 1.82) is 0 Å². The highest BCUT2D eigenvalue weighted by molar-refractivity contribution is 9.10. The first-order chi connectivity index (χ1) is 9.28. The molecule has 110 valence electrons. The van der Waals surface area contributed by atoms with Gasteiger partial charge in [0.2, 0.25) is 0 Å². The Balaban J connectivity index is 1.80. The molecule has 0 spiro atoms. The number of carbonyl (C=O) groups is 1. The molecule has 5 nitrogen and oxygen atoms in total. The van der Waals surface area contributed by atoms with Crippen LogP contribution in [0.1, 0.15) is 42.7 Å². The lowest BCUT2D eigenvalue weighted by Crippen LogP contribution is -2.47. The van der Waals surface area contributed by atoms with E-state index in [1.165, 1.54) is 0 Å². The van der Waals surface area contributed by atoms with Crippen molar-refractivity contribution in [2.75, 3.05) is 11.5 Å². The number of rotatable bonds is 3. The molecular formula is C13H17BrN2O3S. The van der Waals surface area contributed by atoms with Crippen LogP contribution in [0.5, 0.6) is 0 Å². The quantitative estimate of drug-likeness (QED) is 0.894. The smallest absolute Gasteiger partial charge is 0.268 e. The van der Waals surface area contributed by atoms with Crippen molar-refractivity contribution in [2.24, 2.45) is 0 Å². The number of nitrogens with zero attached hydrogens (tertiary/aromatic N) is 1. The van der Waals surface area contributed by atoms with Gasteiger partial charge in [0.25, 0.3) is 5.91 Å². The Morgan fingerprint density at radius 1 is 1.50 bits per heavy atom. The molecule has 1 amide bonds. The van der Waals surface area contributed by atoms with Crippen molar-refractivity contribution in [3.05, 3.63) is 22.4 Å². The Kier molecular flexibility index (Phi) is 3.25. The monoisotopic (exact) mass is 360 g/mol. The van der Waals surface area contributed by atoms with Gasteiger partial charge in [0.15, 0.2) is 9.84 Å². The fourth-order valence-corrected chi connectivity index (χ4v) is 5.26. The number of amides is 1. The van der Waals surface area contributed by atoms with Crippen LogP contribution >= 0.6 is 15.9 Å². The maximum atomic E-state index is 12.4. The van der Waals surface area contributed by atoms with Gasteiger partial charge in [-0.3, -0.25) is 4.79 Å². The molecule has 1 aromatic rings. The minimum Gasteiger partial charge on any atom is -0.345 e. The second kappa shape index (κ2) is 4.59. The van der Waals surface area contributed by atoms with Crippen molar-refractivity contribution in [3.63, 3.8) is 0 Å². The third-order valence-electron chi connectivity index (χ3n) is 3.91. The number of hydrogen-bond acceptors (Lipinski definition) is 3. The molecule has 1 N–H and O–H groups in total. The fraction of sp³-hybridized carbons (Fsp3) is 0.615. The minimum atomic E-state index is -3.02. The Bertz CT molecular complexity index is 663. The Morgan fingerprint density at radius 2 is 2.20 bits per heavy atom. The highest BCUT2D eigenvalue weighted by Crippen LogP contribution is 2.37. The van der Waals surface area contributed by atoms with Crippen LogP contribution in [0.4, 0.5) is 0 Å². The van der Waals surface area contributed by atoms with Crippen LogP contribution in [-0.4, -0.2) is 35.9 Å². The number of aromatic nitrogens is 1. The van der Waals surface area contributed by atoms with Crippen LogP contribution in [0.3, 0.4) is 0 Å². The van der Waals surface area contributed by atoms with Gasteiger partial charge in [-0.1, -0.05) is 0 Å². The summed E-state index contributed by atoms with van der Waals surface area (Å²) in [5.74, 6) is -0.0176. The van der Waals surface area contributed by atoms with Crippen LogP contribution < -0.4 is 5.32 Å². The van der Waals surface area contributed by atoms with Gasteiger partial charge < -0.3 is 9.88 Å². The molecule has 20 heavy (non-hydrogen) atoms. The molecule has 1 saturated carbocycles. The second-order valence-corrected chi connectivity index (χ2v) is 9.14. The normalized spacial score (nSPS) is 28.5. The van der Waals surface area contributed by atoms with E-state index in [4.69, 9.17) is 0 Å². The number of sulfone groups is 1. The highest BCUT2D eigenvalue weighted by atomic mass is 79.9. The molecule has 2 heterocycles. The Hall–Kier alpha value is -0.820. The first-order valence-corrected chi connectivity index (χ1v) is 9.30. The van der Waals surface area contributed by atoms with Crippen LogP contribution in [0.2, 0.25) is 0 Å². The molecule has 1 aliphatic heterocycles. The predicted molar refractivity (Wildman–Crippen MR) is 79.5 cm³/mol. The SMILES string of the molecule is CC1(NC(=O)c2cc(Br)cn2C2CC2)CCS(=O)(=O)C1. The molecule has 2 fully saturated rings. The van der Waals surface area contributed by atoms with Gasteiger partial charge in [-0.15, -0.1) is 0 Å². The largest absolute Gasteiger partial charge is 0.345 e. The fourth-order valence-electron chi connectivity index (χ4n) is 2.73. The summed E-state index contributed by atoms with van der Waals surface area (Å²) in [6, 6.07) is 2.20.